The van der Waals surface area contributed by atoms with Crippen LogP contribution in [0.2, 0.25) is 0 Å². The lowest BCUT2D eigenvalue weighted by atomic mass is 9.93. The summed E-state index contributed by atoms with van der Waals surface area (Å²) in [5.41, 5.74) is 0.672. The topological polar surface area (TPSA) is 17.8 Å². The zero-order valence-electron chi connectivity index (χ0n) is 12.3. The Kier molecular flexibility index (Phi) is 3.56. The van der Waals surface area contributed by atoms with Gasteiger partial charge in [0.15, 0.2) is 0 Å². The van der Waals surface area contributed by atoms with E-state index in [0.717, 1.165) is 0 Å². The van der Waals surface area contributed by atoms with Crippen molar-refractivity contribution in [1.29, 1.82) is 0 Å². The van der Waals surface area contributed by atoms with Crippen molar-refractivity contribution in [3.63, 3.8) is 0 Å². The first-order valence-corrected chi connectivity index (χ1v) is 6.71. The van der Waals surface area contributed by atoms with Crippen molar-refractivity contribution in [2.24, 2.45) is 7.05 Å². The van der Waals surface area contributed by atoms with Gasteiger partial charge in [0.05, 0.1) is 16.8 Å². The standard InChI is InChI=1S/C15H19F3N2/c1-8(2)10-6-7-11-13(9(3)4)19-20(5)14(11)12(10)15(16,17)18/h6-9H,1-5H3. The molecule has 2 rings (SSSR count). The quantitative estimate of drug-likeness (QED) is 0.771. The third kappa shape index (κ3) is 2.30. The number of aromatic nitrogens is 2. The minimum Gasteiger partial charge on any atom is -0.267 e. The van der Waals surface area contributed by atoms with Crippen molar-refractivity contribution < 1.29 is 13.2 Å². The van der Waals surface area contributed by atoms with Crippen LogP contribution < -0.4 is 0 Å². The normalized spacial score (nSPS) is 12.9. The first kappa shape index (κ1) is 14.9. The molecule has 0 saturated carbocycles. The lowest BCUT2D eigenvalue weighted by Gasteiger charge is -2.17. The molecule has 1 heterocycles. The molecule has 1 aromatic carbocycles. The van der Waals surface area contributed by atoms with Crippen LogP contribution in [0.15, 0.2) is 12.1 Å². The SMILES string of the molecule is CC(C)c1ccc2c(C(C)C)nn(C)c2c1C(F)(F)F. The zero-order chi connectivity index (χ0) is 15.2. The molecule has 0 radical (unpaired) electrons. The van der Waals surface area contributed by atoms with E-state index in [2.05, 4.69) is 5.10 Å². The van der Waals surface area contributed by atoms with Crippen LogP contribution in [0.5, 0.6) is 0 Å². The van der Waals surface area contributed by atoms with Crippen molar-refractivity contribution in [3.8, 4) is 0 Å². The van der Waals surface area contributed by atoms with Crippen LogP contribution in [0.3, 0.4) is 0 Å². The molecule has 2 nitrogen and oxygen atoms in total. The van der Waals surface area contributed by atoms with Gasteiger partial charge in [0.2, 0.25) is 0 Å². The van der Waals surface area contributed by atoms with Crippen molar-refractivity contribution in [3.05, 3.63) is 29.0 Å². The average molecular weight is 284 g/mol. The highest BCUT2D eigenvalue weighted by Crippen LogP contribution is 2.41. The van der Waals surface area contributed by atoms with Gasteiger partial charge < -0.3 is 0 Å². The fourth-order valence-electron chi connectivity index (χ4n) is 2.62. The van der Waals surface area contributed by atoms with Gasteiger partial charge in [-0.25, -0.2) is 0 Å². The van der Waals surface area contributed by atoms with E-state index in [-0.39, 0.29) is 17.4 Å². The van der Waals surface area contributed by atoms with Gasteiger partial charge >= 0.3 is 6.18 Å². The molecule has 1 aromatic heterocycles. The van der Waals surface area contributed by atoms with Gasteiger partial charge in [0, 0.05) is 12.4 Å². The van der Waals surface area contributed by atoms with Crippen LogP contribution in [0.4, 0.5) is 13.2 Å². The average Bonchev–Trinajstić information content (AvgIpc) is 2.64. The molecule has 0 spiro atoms. The summed E-state index contributed by atoms with van der Waals surface area (Å²) in [5, 5.41) is 4.88. The van der Waals surface area contributed by atoms with E-state index in [4.69, 9.17) is 0 Å². The molecule has 0 fully saturated rings. The summed E-state index contributed by atoms with van der Waals surface area (Å²) in [6.45, 7) is 7.42. The van der Waals surface area contributed by atoms with Crippen LogP contribution in [0.25, 0.3) is 10.9 Å². The van der Waals surface area contributed by atoms with Crippen LogP contribution in [0, 0.1) is 0 Å². The molecule has 0 unspecified atom stereocenters. The van der Waals surface area contributed by atoms with Gasteiger partial charge in [-0.05, 0) is 17.4 Å². The monoisotopic (exact) mass is 284 g/mol. The Morgan fingerprint density at radius 2 is 1.65 bits per heavy atom. The minimum atomic E-state index is -4.37. The van der Waals surface area contributed by atoms with Gasteiger partial charge in [-0.1, -0.05) is 39.8 Å². The predicted octanol–water partition coefficient (Wildman–Crippen LogP) is 4.84. The Labute approximate surface area is 116 Å². The second-order valence-corrected chi connectivity index (χ2v) is 5.74. The maximum atomic E-state index is 13.5. The van der Waals surface area contributed by atoms with Gasteiger partial charge in [0.25, 0.3) is 0 Å². The Bertz CT molecular complexity index is 637. The van der Waals surface area contributed by atoms with Gasteiger partial charge in [-0.2, -0.15) is 18.3 Å². The number of hydrogen-bond acceptors (Lipinski definition) is 1. The lowest BCUT2D eigenvalue weighted by molar-refractivity contribution is -0.137. The maximum absolute atomic E-state index is 13.5. The summed E-state index contributed by atoms with van der Waals surface area (Å²) in [7, 11) is 1.58. The number of benzene rings is 1. The summed E-state index contributed by atoms with van der Waals surface area (Å²) in [6, 6.07) is 3.35. The van der Waals surface area contributed by atoms with Crippen LogP contribution in [-0.2, 0) is 13.2 Å². The summed E-state index contributed by atoms with van der Waals surface area (Å²) >= 11 is 0. The smallest absolute Gasteiger partial charge is 0.267 e. The second kappa shape index (κ2) is 4.79. The third-order valence-electron chi connectivity index (χ3n) is 3.52. The van der Waals surface area contributed by atoms with Gasteiger partial charge in [0.1, 0.15) is 0 Å². The molecular formula is C15H19F3N2. The molecule has 0 N–H and O–H groups in total. The fourth-order valence-corrected chi connectivity index (χ4v) is 2.62. The maximum Gasteiger partial charge on any atom is 0.418 e. The molecule has 0 atom stereocenters. The van der Waals surface area contributed by atoms with Crippen LogP contribution >= 0.6 is 0 Å². The summed E-state index contributed by atoms with van der Waals surface area (Å²) in [4.78, 5) is 0. The summed E-state index contributed by atoms with van der Waals surface area (Å²) in [6.07, 6.45) is -4.37. The second-order valence-electron chi connectivity index (χ2n) is 5.74. The van der Waals surface area contributed by atoms with Crippen molar-refractivity contribution in [2.45, 2.75) is 45.7 Å². The van der Waals surface area contributed by atoms with Crippen molar-refractivity contribution in [2.75, 3.05) is 0 Å². The molecule has 0 bridgehead atoms. The molecule has 110 valence electrons. The number of nitrogens with zero attached hydrogens (tertiary/aromatic N) is 2. The van der Waals surface area contributed by atoms with E-state index in [1.54, 1.807) is 33.0 Å². The van der Waals surface area contributed by atoms with Crippen molar-refractivity contribution in [1.82, 2.24) is 9.78 Å². The molecule has 0 aliphatic heterocycles. The van der Waals surface area contributed by atoms with Crippen LogP contribution in [0.1, 0.15) is 56.4 Å². The number of rotatable bonds is 2. The summed E-state index contributed by atoms with van der Waals surface area (Å²) < 4.78 is 41.8. The van der Waals surface area contributed by atoms with Gasteiger partial charge in [-0.3, -0.25) is 4.68 Å². The molecule has 0 saturated heterocycles. The van der Waals surface area contributed by atoms with Crippen molar-refractivity contribution >= 4 is 10.9 Å². The highest BCUT2D eigenvalue weighted by Gasteiger charge is 2.38. The Hall–Kier alpha value is -1.52. The number of hydrogen-bond donors (Lipinski definition) is 0. The zero-order valence-corrected chi connectivity index (χ0v) is 12.3. The Morgan fingerprint density at radius 1 is 1.05 bits per heavy atom. The lowest BCUT2D eigenvalue weighted by Crippen LogP contribution is -2.12. The highest BCUT2D eigenvalue weighted by atomic mass is 19.4. The van der Waals surface area contributed by atoms with Crippen LogP contribution in [-0.4, -0.2) is 9.78 Å². The number of aryl methyl sites for hydroxylation is 1. The molecule has 0 aliphatic carbocycles. The molecule has 2 aromatic rings. The molecule has 20 heavy (non-hydrogen) atoms. The van der Waals surface area contributed by atoms with Gasteiger partial charge in [-0.15, -0.1) is 0 Å². The molecule has 0 amide bonds. The van der Waals surface area contributed by atoms with E-state index >= 15 is 0 Å². The van der Waals surface area contributed by atoms with E-state index < -0.39 is 11.7 Å². The first-order chi connectivity index (χ1) is 9.14. The summed E-state index contributed by atoms with van der Waals surface area (Å²) in [5.74, 6) is -0.0990. The first-order valence-electron chi connectivity index (χ1n) is 6.71. The third-order valence-corrected chi connectivity index (χ3v) is 3.52. The van der Waals surface area contributed by atoms with E-state index in [1.165, 1.54) is 4.68 Å². The highest BCUT2D eigenvalue weighted by molar-refractivity contribution is 5.87. The number of halogens is 3. The largest absolute Gasteiger partial charge is 0.418 e. The minimum absolute atomic E-state index is 0.0877. The van der Waals surface area contributed by atoms with E-state index in [9.17, 15) is 13.2 Å². The molecule has 0 aliphatic rings. The predicted molar refractivity (Wildman–Crippen MR) is 73.9 cm³/mol. The molecule has 5 heteroatoms. The fraction of sp³-hybridized carbons (Fsp3) is 0.533. The number of alkyl halides is 3. The van der Waals surface area contributed by atoms with E-state index in [0.29, 0.717) is 16.6 Å². The Morgan fingerprint density at radius 3 is 2.10 bits per heavy atom. The number of fused-ring (bicyclic) bond motifs is 1. The van der Waals surface area contributed by atoms with E-state index in [1.807, 2.05) is 13.8 Å². The molecular weight excluding hydrogens is 265 g/mol. The Balaban J connectivity index is 2.92.